The molecule has 0 aromatic carbocycles. The number of likely N-dealkylation sites (N-methyl/N-ethyl adjacent to an activating group) is 1. The summed E-state index contributed by atoms with van der Waals surface area (Å²) in [6.07, 6.45) is 1.27. The molecule has 2 heterocycles. The average molecular weight is 259 g/mol. The standard InChI is InChI=1S/C10H17N3O3S/c1-7(11-2)5-9-12-10(16-13-9)8-3-4-17(14,15)6-8/h7-8,11H,3-6H2,1-2H3. The molecular weight excluding hydrogens is 242 g/mol. The first-order chi connectivity index (χ1) is 8.00. The monoisotopic (exact) mass is 259 g/mol. The van der Waals surface area contributed by atoms with E-state index in [-0.39, 0.29) is 23.5 Å². The van der Waals surface area contributed by atoms with Gasteiger partial charge in [-0.25, -0.2) is 8.42 Å². The Labute approximate surface area is 101 Å². The van der Waals surface area contributed by atoms with Crippen LogP contribution in [-0.2, 0) is 16.3 Å². The van der Waals surface area contributed by atoms with Crippen LogP contribution in [0.5, 0.6) is 0 Å². The third-order valence-electron chi connectivity index (χ3n) is 3.05. The molecule has 96 valence electrons. The van der Waals surface area contributed by atoms with Crippen molar-refractivity contribution in [2.75, 3.05) is 18.6 Å². The van der Waals surface area contributed by atoms with Gasteiger partial charge >= 0.3 is 0 Å². The molecule has 1 N–H and O–H groups in total. The second-order valence-corrected chi connectivity index (χ2v) is 6.77. The minimum atomic E-state index is -2.90. The van der Waals surface area contributed by atoms with E-state index >= 15 is 0 Å². The number of hydrogen-bond donors (Lipinski definition) is 1. The molecule has 1 aromatic rings. The molecule has 0 saturated carbocycles. The summed E-state index contributed by atoms with van der Waals surface area (Å²) in [4.78, 5) is 4.26. The fraction of sp³-hybridized carbons (Fsp3) is 0.800. The minimum absolute atomic E-state index is 0.119. The third kappa shape index (κ3) is 3.04. The van der Waals surface area contributed by atoms with E-state index in [0.29, 0.717) is 24.6 Å². The maximum Gasteiger partial charge on any atom is 0.230 e. The number of nitrogens with one attached hydrogen (secondary N) is 1. The van der Waals surface area contributed by atoms with Crippen molar-refractivity contribution in [2.24, 2.45) is 0 Å². The Kier molecular flexibility index (Phi) is 3.48. The van der Waals surface area contributed by atoms with Gasteiger partial charge in [0.2, 0.25) is 5.89 Å². The fourth-order valence-corrected chi connectivity index (χ4v) is 3.61. The fourth-order valence-electron chi connectivity index (χ4n) is 1.88. The average Bonchev–Trinajstić information content (AvgIpc) is 2.84. The van der Waals surface area contributed by atoms with Gasteiger partial charge in [0.05, 0.1) is 17.4 Å². The normalized spacial score (nSPS) is 24.9. The lowest BCUT2D eigenvalue weighted by atomic mass is 10.1. The lowest BCUT2D eigenvalue weighted by Crippen LogP contribution is -2.24. The molecule has 2 unspecified atom stereocenters. The summed E-state index contributed by atoms with van der Waals surface area (Å²) in [5, 5.41) is 6.96. The minimum Gasteiger partial charge on any atom is -0.339 e. The van der Waals surface area contributed by atoms with Gasteiger partial charge in [0.15, 0.2) is 15.7 Å². The van der Waals surface area contributed by atoms with Crippen LogP contribution < -0.4 is 5.32 Å². The maximum atomic E-state index is 11.3. The van der Waals surface area contributed by atoms with Gasteiger partial charge in [-0.3, -0.25) is 0 Å². The highest BCUT2D eigenvalue weighted by Gasteiger charge is 2.32. The van der Waals surface area contributed by atoms with Crippen LogP contribution >= 0.6 is 0 Å². The zero-order valence-corrected chi connectivity index (χ0v) is 10.8. The van der Waals surface area contributed by atoms with Crippen LogP contribution in [0.25, 0.3) is 0 Å². The molecule has 0 spiro atoms. The SMILES string of the molecule is CNC(C)Cc1noc(C2CCS(=O)(=O)C2)n1. The van der Waals surface area contributed by atoms with Crippen molar-refractivity contribution in [3.05, 3.63) is 11.7 Å². The summed E-state index contributed by atoms with van der Waals surface area (Å²) in [7, 11) is -1.03. The van der Waals surface area contributed by atoms with Gasteiger partial charge in [-0.15, -0.1) is 0 Å². The number of nitrogens with zero attached hydrogens (tertiary/aromatic N) is 2. The van der Waals surface area contributed by atoms with E-state index in [1.54, 1.807) is 0 Å². The second-order valence-electron chi connectivity index (χ2n) is 4.54. The van der Waals surface area contributed by atoms with Gasteiger partial charge in [-0.1, -0.05) is 5.16 Å². The van der Waals surface area contributed by atoms with Gasteiger partial charge in [0.1, 0.15) is 0 Å². The highest BCUT2D eigenvalue weighted by Crippen LogP contribution is 2.27. The van der Waals surface area contributed by atoms with Gasteiger partial charge < -0.3 is 9.84 Å². The molecule has 2 rings (SSSR count). The van der Waals surface area contributed by atoms with Crippen molar-refractivity contribution in [3.63, 3.8) is 0 Å². The quantitative estimate of drug-likeness (QED) is 0.827. The van der Waals surface area contributed by atoms with Gasteiger partial charge in [-0.05, 0) is 20.4 Å². The summed E-state index contributed by atoms with van der Waals surface area (Å²) in [6, 6.07) is 0.271. The Balaban J connectivity index is 2.04. The highest BCUT2D eigenvalue weighted by atomic mass is 32.2. The van der Waals surface area contributed by atoms with Crippen LogP contribution in [0, 0.1) is 0 Å². The molecule has 0 bridgehead atoms. The zero-order chi connectivity index (χ0) is 12.5. The van der Waals surface area contributed by atoms with Crippen molar-refractivity contribution in [1.29, 1.82) is 0 Å². The first kappa shape index (κ1) is 12.5. The zero-order valence-electron chi connectivity index (χ0n) is 10.0. The first-order valence-corrected chi connectivity index (χ1v) is 7.52. The Morgan fingerprint density at radius 1 is 1.59 bits per heavy atom. The lowest BCUT2D eigenvalue weighted by molar-refractivity contribution is 0.355. The van der Waals surface area contributed by atoms with E-state index in [9.17, 15) is 8.42 Å². The summed E-state index contributed by atoms with van der Waals surface area (Å²) in [6.45, 7) is 2.02. The topological polar surface area (TPSA) is 85.1 Å². The predicted octanol–water partition coefficient (Wildman–Crippen LogP) is 0.122. The molecule has 6 nitrogen and oxygen atoms in total. The Hall–Kier alpha value is -0.950. The van der Waals surface area contributed by atoms with E-state index in [4.69, 9.17) is 4.52 Å². The predicted molar refractivity (Wildman–Crippen MR) is 62.5 cm³/mol. The van der Waals surface area contributed by atoms with Crippen molar-refractivity contribution in [1.82, 2.24) is 15.5 Å². The van der Waals surface area contributed by atoms with Crippen molar-refractivity contribution >= 4 is 9.84 Å². The Morgan fingerprint density at radius 2 is 2.35 bits per heavy atom. The molecule has 1 aliphatic rings. The third-order valence-corrected chi connectivity index (χ3v) is 4.81. The molecule has 1 aliphatic heterocycles. The summed E-state index contributed by atoms with van der Waals surface area (Å²) in [5.41, 5.74) is 0. The molecule has 0 aliphatic carbocycles. The van der Waals surface area contributed by atoms with Gasteiger partial charge in [0.25, 0.3) is 0 Å². The molecule has 1 fully saturated rings. The van der Waals surface area contributed by atoms with E-state index in [0.717, 1.165) is 0 Å². The molecule has 0 radical (unpaired) electrons. The number of sulfone groups is 1. The van der Waals surface area contributed by atoms with Crippen molar-refractivity contribution < 1.29 is 12.9 Å². The molecule has 17 heavy (non-hydrogen) atoms. The molecule has 7 heteroatoms. The Morgan fingerprint density at radius 3 is 2.94 bits per heavy atom. The van der Waals surface area contributed by atoms with Crippen LogP contribution in [0.1, 0.15) is 31.0 Å². The van der Waals surface area contributed by atoms with Crippen molar-refractivity contribution in [3.8, 4) is 0 Å². The first-order valence-electron chi connectivity index (χ1n) is 5.70. The molecule has 2 atom stereocenters. The maximum absolute atomic E-state index is 11.3. The number of rotatable bonds is 4. The van der Waals surface area contributed by atoms with Gasteiger partial charge in [-0.2, -0.15) is 4.98 Å². The molecule has 1 aromatic heterocycles. The van der Waals surface area contributed by atoms with Crippen LogP contribution in [-0.4, -0.2) is 43.2 Å². The van der Waals surface area contributed by atoms with Crippen LogP contribution in [0.3, 0.4) is 0 Å². The van der Waals surface area contributed by atoms with Crippen LogP contribution in [0.4, 0.5) is 0 Å². The summed E-state index contributed by atoms with van der Waals surface area (Å²) < 4.78 is 27.8. The smallest absolute Gasteiger partial charge is 0.230 e. The van der Waals surface area contributed by atoms with E-state index in [1.165, 1.54) is 0 Å². The lowest BCUT2D eigenvalue weighted by Gasteiger charge is -2.04. The largest absolute Gasteiger partial charge is 0.339 e. The van der Waals surface area contributed by atoms with Crippen LogP contribution in [0.15, 0.2) is 4.52 Å². The number of aromatic nitrogens is 2. The molecule has 0 amide bonds. The number of hydrogen-bond acceptors (Lipinski definition) is 6. The molecule has 1 saturated heterocycles. The van der Waals surface area contributed by atoms with Gasteiger partial charge in [0, 0.05) is 12.5 Å². The van der Waals surface area contributed by atoms with Crippen molar-refractivity contribution in [2.45, 2.75) is 31.7 Å². The van der Waals surface area contributed by atoms with E-state index in [2.05, 4.69) is 15.5 Å². The molecular formula is C10H17N3O3S. The summed E-state index contributed by atoms with van der Waals surface area (Å²) in [5.74, 6) is 1.33. The van der Waals surface area contributed by atoms with E-state index < -0.39 is 9.84 Å². The Bertz CT molecular complexity index is 483. The van der Waals surface area contributed by atoms with E-state index in [1.807, 2.05) is 14.0 Å². The summed E-state index contributed by atoms with van der Waals surface area (Å²) >= 11 is 0. The highest BCUT2D eigenvalue weighted by molar-refractivity contribution is 7.91. The second kappa shape index (κ2) is 4.73. The van der Waals surface area contributed by atoms with Crippen LogP contribution in [0.2, 0.25) is 0 Å².